The summed E-state index contributed by atoms with van der Waals surface area (Å²) in [5.74, 6) is 0. The third-order valence-corrected chi connectivity index (χ3v) is 2.85. The highest BCUT2D eigenvalue weighted by atomic mass is 15.1. The molecule has 0 radical (unpaired) electrons. The van der Waals surface area contributed by atoms with E-state index in [0.29, 0.717) is 13.1 Å². The Morgan fingerprint density at radius 1 is 0.611 bits per heavy atom. The van der Waals surface area contributed by atoms with E-state index < -0.39 is 0 Å². The van der Waals surface area contributed by atoms with Gasteiger partial charge in [-0.2, -0.15) is 10.2 Å². The highest BCUT2D eigenvalue weighted by Crippen LogP contribution is 2.07. The van der Waals surface area contributed by atoms with Gasteiger partial charge in [0.15, 0.2) is 0 Å². The third-order valence-electron chi connectivity index (χ3n) is 2.85. The summed E-state index contributed by atoms with van der Waals surface area (Å²) < 4.78 is 0. The number of rotatable bonds is 4. The lowest BCUT2D eigenvalue weighted by Gasteiger charge is -1.98. The topological polar surface area (TPSA) is 24.7 Å². The maximum atomic E-state index is 4.21. The molecule has 92 valence electrons. The zero-order chi connectivity index (χ0) is 12.8. The van der Waals surface area contributed by atoms with Crippen molar-refractivity contribution in [2.45, 2.75) is 26.9 Å². The van der Waals surface area contributed by atoms with E-state index in [-0.39, 0.29) is 0 Å². The Balaban J connectivity index is 1.85. The molecule has 0 unspecified atom stereocenters. The summed E-state index contributed by atoms with van der Waals surface area (Å²) in [6.07, 6.45) is 0. The highest BCUT2D eigenvalue weighted by molar-refractivity contribution is 5.22. The fraction of sp³-hybridized carbons (Fsp3) is 0.250. The van der Waals surface area contributed by atoms with E-state index in [1.165, 1.54) is 22.3 Å². The number of benzene rings is 2. The van der Waals surface area contributed by atoms with Crippen LogP contribution < -0.4 is 0 Å². The summed E-state index contributed by atoms with van der Waals surface area (Å²) in [6.45, 7) is 5.49. The van der Waals surface area contributed by atoms with Gasteiger partial charge in [0, 0.05) is 0 Å². The predicted molar refractivity (Wildman–Crippen MR) is 74.6 cm³/mol. The zero-order valence-corrected chi connectivity index (χ0v) is 10.9. The van der Waals surface area contributed by atoms with Crippen molar-refractivity contribution >= 4 is 0 Å². The van der Waals surface area contributed by atoms with Crippen molar-refractivity contribution in [2.75, 3.05) is 0 Å². The second-order valence-electron chi connectivity index (χ2n) is 4.57. The van der Waals surface area contributed by atoms with Crippen molar-refractivity contribution in [1.29, 1.82) is 0 Å². The van der Waals surface area contributed by atoms with Crippen LogP contribution in [0, 0.1) is 13.8 Å². The minimum atomic E-state index is 0.659. The van der Waals surface area contributed by atoms with Gasteiger partial charge in [0.25, 0.3) is 0 Å². The van der Waals surface area contributed by atoms with Crippen molar-refractivity contribution in [3.8, 4) is 0 Å². The molecule has 0 heterocycles. The van der Waals surface area contributed by atoms with Crippen LogP contribution in [0.25, 0.3) is 0 Å². The first-order valence-corrected chi connectivity index (χ1v) is 6.18. The lowest BCUT2D eigenvalue weighted by molar-refractivity contribution is 0.850. The maximum Gasteiger partial charge on any atom is 0.0849 e. The molecule has 0 fully saturated rings. The Hall–Kier alpha value is -1.96. The summed E-state index contributed by atoms with van der Waals surface area (Å²) in [5.41, 5.74) is 4.95. The second kappa shape index (κ2) is 6.10. The molecule has 2 rings (SSSR count). The Bertz CT molecular complexity index is 460. The minimum absolute atomic E-state index is 0.659. The second-order valence-corrected chi connectivity index (χ2v) is 4.57. The summed E-state index contributed by atoms with van der Waals surface area (Å²) >= 11 is 0. The van der Waals surface area contributed by atoms with E-state index >= 15 is 0 Å². The van der Waals surface area contributed by atoms with Gasteiger partial charge in [-0.15, -0.1) is 0 Å². The summed E-state index contributed by atoms with van der Waals surface area (Å²) in [5, 5.41) is 8.43. The van der Waals surface area contributed by atoms with Gasteiger partial charge in [-0.1, -0.05) is 59.7 Å². The maximum absolute atomic E-state index is 4.21. The Labute approximate surface area is 108 Å². The molecule has 0 aliphatic heterocycles. The zero-order valence-electron chi connectivity index (χ0n) is 10.9. The van der Waals surface area contributed by atoms with Gasteiger partial charge in [-0.3, -0.25) is 0 Å². The molecule has 2 heteroatoms. The quantitative estimate of drug-likeness (QED) is 0.703. The Morgan fingerprint density at radius 2 is 0.944 bits per heavy atom. The SMILES string of the molecule is Cc1ccc(CN=NCc2ccc(C)cc2)cc1. The molecular formula is C16H18N2. The van der Waals surface area contributed by atoms with Gasteiger partial charge < -0.3 is 0 Å². The monoisotopic (exact) mass is 238 g/mol. The fourth-order valence-electron chi connectivity index (χ4n) is 1.65. The Morgan fingerprint density at radius 3 is 1.28 bits per heavy atom. The minimum Gasteiger partial charge on any atom is -0.189 e. The van der Waals surface area contributed by atoms with Crippen molar-refractivity contribution in [1.82, 2.24) is 0 Å². The molecule has 0 spiro atoms. The lowest BCUT2D eigenvalue weighted by atomic mass is 10.1. The molecule has 0 bridgehead atoms. The smallest absolute Gasteiger partial charge is 0.0849 e. The van der Waals surface area contributed by atoms with Crippen molar-refractivity contribution in [2.24, 2.45) is 10.2 Å². The predicted octanol–water partition coefficient (Wildman–Crippen LogP) is 4.46. The molecule has 0 atom stereocenters. The molecule has 0 aliphatic rings. The van der Waals surface area contributed by atoms with Gasteiger partial charge in [-0.25, -0.2) is 0 Å². The van der Waals surface area contributed by atoms with Gasteiger partial charge in [0.2, 0.25) is 0 Å². The van der Waals surface area contributed by atoms with E-state index in [1.807, 2.05) is 0 Å². The molecule has 0 aliphatic carbocycles. The van der Waals surface area contributed by atoms with Gasteiger partial charge >= 0.3 is 0 Å². The summed E-state index contributed by atoms with van der Waals surface area (Å²) in [6, 6.07) is 16.8. The molecule has 18 heavy (non-hydrogen) atoms. The average Bonchev–Trinajstić information content (AvgIpc) is 2.39. The van der Waals surface area contributed by atoms with E-state index in [0.717, 1.165) is 0 Å². The number of hydrogen-bond donors (Lipinski definition) is 0. The number of hydrogen-bond acceptors (Lipinski definition) is 2. The van der Waals surface area contributed by atoms with Crippen LogP contribution in [-0.4, -0.2) is 0 Å². The molecule has 0 saturated carbocycles. The van der Waals surface area contributed by atoms with E-state index in [9.17, 15) is 0 Å². The standard InChI is InChI=1S/C16H18N2/c1-13-3-7-15(8-4-13)11-17-18-12-16-9-5-14(2)6-10-16/h3-10H,11-12H2,1-2H3. The van der Waals surface area contributed by atoms with E-state index in [2.05, 4.69) is 72.6 Å². The molecule has 0 N–H and O–H groups in total. The molecular weight excluding hydrogens is 220 g/mol. The number of aryl methyl sites for hydroxylation is 2. The summed E-state index contributed by atoms with van der Waals surface area (Å²) in [7, 11) is 0. The van der Waals surface area contributed by atoms with Crippen LogP contribution in [0.2, 0.25) is 0 Å². The third kappa shape index (κ3) is 3.81. The van der Waals surface area contributed by atoms with Crippen LogP contribution in [0.15, 0.2) is 58.8 Å². The molecule has 2 aromatic carbocycles. The molecule has 2 nitrogen and oxygen atoms in total. The fourth-order valence-corrected chi connectivity index (χ4v) is 1.65. The molecule has 0 saturated heterocycles. The highest BCUT2D eigenvalue weighted by Gasteiger charge is 1.92. The van der Waals surface area contributed by atoms with Gasteiger partial charge in [0.05, 0.1) is 13.1 Å². The van der Waals surface area contributed by atoms with Crippen molar-refractivity contribution in [3.63, 3.8) is 0 Å². The molecule has 0 amide bonds. The largest absolute Gasteiger partial charge is 0.189 e. The molecule has 2 aromatic rings. The van der Waals surface area contributed by atoms with Gasteiger partial charge in [-0.05, 0) is 25.0 Å². The van der Waals surface area contributed by atoms with E-state index in [4.69, 9.17) is 0 Å². The van der Waals surface area contributed by atoms with Crippen LogP contribution in [0.3, 0.4) is 0 Å². The Kier molecular flexibility index (Phi) is 4.24. The summed E-state index contributed by atoms with van der Waals surface area (Å²) in [4.78, 5) is 0. The van der Waals surface area contributed by atoms with Crippen LogP contribution in [-0.2, 0) is 13.1 Å². The van der Waals surface area contributed by atoms with Crippen LogP contribution in [0.4, 0.5) is 0 Å². The molecule has 0 aromatic heterocycles. The normalized spacial score (nSPS) is 11.0. The lowest BCUT2D eigenvalue weighted by Crippen LogP contribution is -1.83. The van der Waals surface area contributed by atoms with Crippen LogP contribution in [0.5, 0.6) is 0 Å². The first kappa shape index (κ1) is 12.5. The van der Waals surface area contributed by atoms with Crippen LogP contribution >= 0.6 is 0 Å². The van der Waals surface area contributed by atoms with Crippen LogP contribution in [0.1, 0.15) is 22.3 Å². The average molecular weight is 238 g/mol. The van der Waals surface area contributed by atoms with Crippen molar-refractivity contribution in [3.05, 3.63) is 70.8 Å². The number of nitrogens with zero attached hydrogens (tertiary/aromatic N) is 2. The number of azo groups is 1. The first-order valence-electron chi connectivity index (χ1n) is 6.18. The van der Waals surface area contributed by atoms with Crippen molar-refractivity contribution < 1.29 is 0 Å². The van der Waals surface area contributed by atoms with Gasteiger partial charge in [0.1, 0.15) is 0 Å². The van der Waals surface area contributed by atoms with E-state index in [1.54, 1.807) is 0 Å². The first-order chi connectivity index (χ1) is 8.74.